The summed E-state index contributed by atoms with van der Waals surface area (Å²) >= 11 is 0. The second kappa shape index (κ2) is 5.04. The van der Waals surface area contributed by atoms with Gasteiger partial charge in [0.2, 0.25) is 5.91 Å². The highest BCUT2D eigenvalue weighted by atomic mass is 16.4. The number of amides is 1. The number of rotatable bonds is 6. The molecule has 1 rings (SSSR count). The van der Waals surface area contributed by atoms with E-state index in [-0.39, 0.29) is 18.9 Å². The van der Waals surface area contributed by atoms with Gasteiger partial charge in [-0.25, -0.2) is 0 Å². The Hall–Kier alpha value is -1.10. The molecule has 1 aliphatic carbocycles. The molecule has 5 nitrogen and oxygen atoms in total. The van der Waals surface area contributed by atoms with Crippen molar-refractivity contribution in [3.63, 3.8) is 0 Å². The molecule has 1 fully saturated rings. The van der Waals surface area contributed by atoms with Gasteiger partial charge in [-0.15, -0.1) is 0 Å². The summed E-state index contributed by atoms with van der Waals surface area (Å²) in [5, 5.41) is 20.7. The van der Waals surface area contributed by atoms with Crippen LogP contribution in [0.2, 0.25) is 0 Å². The Bertz CT molecular complexity index is 308. The average molecular weight is 243 g/mol. The SMILES string of the molecule is CC(C)(CCO)NC(=O)CC1(C(=O)O)CCC1. The third kappa shape index (κ3) is 3.43. The van der Waals surface area contributed by atoms with Gasteiger partial charge < -0.3 is 15.5 Å². The van der Waals surface area contributed by atoms with Crippen molar-refractivity contribution < 1.29 is 19.8 Å². The lowest BCUT2D eigenvalue weighted by Crippen LogP contribution is -2.48. The maximum absolute atomic E-state index is 11.8. The van der Waals surface area contributed by atoms with Gasteiger partial charge in [0.25, 0.3) is 0 Å². The Labute approximate surface area is 101 Å². The third-order valence-corrected chi connectivity index (χ3v) is 3.48. The first-order valence-corrected chi connectivity index (χ1v) is 5.97. The van der Waals surface area contributed by atoms with Gasteiger partial charge >= 0.3 is 5.97 Å². The zero-order valence-corrected chi connectivity index (χ0v) is 10.5. The summed E-state index contributed by atoms with van der Waals surface area (Å²) in [6, 6.07) is 0. The molecule has 0 bridgehead atoms. The zero-order valence-electron chi connectivity index (χ0n) is 10.5. The molecule has 0 unspecified atom stereocenters. The van der Waals surface area contributed by atoms with E-state index in [0.29, 0.717) is 19.3 Å². The van der Waals surface area contributed by atoms with E-state index < -0.39 is 16.9 Å². The molecule has 5 heteroatoms. The van der Waals surface area contributed by atoms with Gasteiger partial charge in [-0.1, -0.05) is 6.42 Å². The van der Waals surface area contributed by atoms with Crippen molar-refractivity contribution >= 4 is 11.9 Å². The van der Waals surface area contributed by atoms with Crippen molar-refractivity contribution in [3.8, 4) is 0 Å². The van der Waals surface area contributed by atoms with E-state index in [4.69, 9.17) is 10.2 Å². The molecular weight excluding hydrogens is 222 g/mol. The number of carbonyl (C=O) groups is 2. The third-order valence-electron chi connectivity index (χ3n) is 3.48. The fourth-order valence-electron chi connectivity index (χ4n) is 2.14. The van der Waals surface area contributed by atoms with Crippen molar-refractivity contribution in [1.29, 1.82) is 0 Å². The monoisotopic (exact) mass is 243 g/mol. The molecular formula is C12H21NO4. The minimum Gasteiger partial charge on any atom is -0.481 e. The van der Waals surface area contributed by atoms with E-state index in [1.54, 1.807) is 0 Å². The molecule has 98 valence electrons. The van der Waals surface area contributed by atoms with Crippen molar-refractivity contribution in [1.82, 2.24) is 5.32 Å². The fourth-order valence-corrected chi connectivity index (χ4v) is 2.14. The van der Waals surface area contributed by atoms with Crippen LogP contribution in [0.4, 0.5) is 0 Å². The number of aliphatic hydroxyl groups excluding tert-OH is 1. The minimum atomic E-state index is -0.876. The molecule has 1 saturated carbocycles. The molecule has 0 radical (unpaired) electrons. The van der Waals surface area contributed by atoms with E-state index in [0.717, 1.165) is 6.42 Å². The first-order valence-electron chi connectivity index (χ1n) is 5.97. The Balaban J connectivity index is 2.52. The topological polar surface area (TPSA) is 86.6 Å². The van der Waals surface area contributed by atoms with Crippen LogP contribution in [0.3, 0.4) is 0 Å². The van der Waals surface area contributed by atoms with Gasteiger partial charge in [-0.2, -0.15) is 0 Å². The number of carboxylic acids is 1. The van der Waals surface area contributed by atoms with Crippen LogP contribution in [-0.4, -0.2) is 34.2 Å². The predicted octanol–water partition coefficient (Wildman–Crippen LogP) is 0.909. The van der Waals surface area contributed by atoms with Crippen LogP contribution < -0.4 is 5.32 Å². The number of carbonyl (C=O) groups excluding carboxylic acids is 1. The molecule has 0 aromatic carbocycles. The lowest BCUT2D eigenvalue weighted by molar-refractivity contribution is -0.157. The first kappa shape index (κ1) is 14.0. The van der Waals surface area contributed by atoms with Gasteiger partial charge in [0.05, 0.1) is 5.41 Å². The van der Waals surface area contributed by atoms with E-state index >= 15 is 0 Å². The Morgan fingerprint density at radius 2 is 1.94 bits per heavy atom. The first-order chi connectivity index (χ1) is 7.81. The standard InChI is InChI=1S/C12H21NO4/c1-11(2,6-7-14)13-9(15)8-12(10(16)17)4-3-5-12/h14H,3-8H2,1-2H3,(H,13,15)(H,16,17). The fraction of sp³-hybridized carbons (Fsp3) is 0.833. The van der Waals surface area contributed by atoms with Crippen LogP contribution in [0.1, 0.15) is 46.0 Å². The Morgan fingerprint density at radius 3 is 2.29 bits per heavy atom. The lowest BCUT2D eigenvalue weighted by atomic mass is 9.66. The number of hydrogen-bond donors (Lipinski definition) is 3. The van der Waals surface area contributed by atoms with E-state index in [1.165, 1.54) is 0 Å². The van der Waals surface area contributed by atoms with E-state index in [2.05, 4.69) is 5.32 Å². The highest BCUT2D eigenvalue weighted by Gasteiger charge is 2.46. The van der Waals surface area contributed by atoms with Gasteiger partial charge in [-0.05, 0) is 33.1 Å². The zero-order chi connectivity index (χ0) is 13.1. The van der Waals surface area contributed by atoms with Crippen molar-refractivity contribution in [2.75, 3.05) is 6.61 Å². The molecule has 1 aliphatic rings. The smallest absolute Gasteiger partial charge is 0.310 e. The van der Waals surface area contributed by atoms with Gasteiger partial charge in [-0.3, -0.25) is 9.59 Å². The normalized spacial score (nSPS) is 18.3. The van der Waals surface area contributed by atoms with Gasteiger partial charge in [0.1, 0.15) is 0 Å². The minimum absolute atomic E-state index is 0.00263. The van der Waals surface area contributed by atoms with Crippen LogP contribution in [0, 0.1) is 5.41 Å². The predicted molar refractivity (Wildman–Crippen MR) is 62.5 cm³/mol. The number of aliphatic hydroxyl groups is 1. The van der Waals surface area contributed by atoms with Crippen LogP contribution >= 0.6 is 0 Å². The highest BCUT2D eigenvalue weighted by molar-refractivity contribution is 5.85. The Kier molecular flexibility index (Phi) is 4.14. The molecule has 3 N–H and O–H groups in total. The van der Waals surface area contributed by atoms with Gasteiger partial charge in [0, 0.05) is 18.6 Å². The molecule has 0 saturated heterocycles. The molecule has 0 spiro atoms. The van der Waals surface area contributed by atoms with Crippen LogP contribution in [0.5, 0.6) is 0 Å². The molecule has 1 amide bonds. The average Bonchev–Trinajstić information content (AvgIpc) is 2.09. The quantitative estimate of drug-likeness (QED) is 0.647. The highest BCUT2D eigenvalue weighted by Crippen LogP contribution is 2.44. The summed E-state index contributed by atoms with van der Waals surface area (Å²) < 4.78 is 0. The lowest BCUT2D eigenvalue weighted by Gasteiger charge is -2.38. The number of carboxylic acid groups (broad SMARTS) is 1. The second-order valence-electron chi connectivity index (χ2n) is 5.52. The summed E-state index contributed by atoms with van der Waals surface area (Å²) in [7, 11) is 0. The number of aliphatic carboxylic acids is 1. The summed E-state index contributed by atoms with van der Waals surface area (Å²) in [6.45, 7) is 3.63. The molecule has 0 aliphatic heterocycles. The second-order valence-corrected chi connectivity index (χ2v) is 5.52. The van der Waals surface area contributed by atoms with Gasteiger partial charge in [0.15, 0.2) is 0 Å². The summed E-state index contributed by atoms with van der Waals surface area (Å²) in [6.07, 6.45) is 2.53. The molecule has 0 atom stereocenters. The maximum Gasteiger partial charge on any atom is 0.310 e. The van der Waals surface area contributed by atoms with E-state index in [9.17, 15) is 9.59 Å². The van der Waals surface area contributed by atoms with Crippen LogP contribution in [0.25, 0.3) is 0 Å². The summed E-state index contributed by atoms with van der Waals surface area (Å²) in [5.41, 5.74) is -1.34. The number of hydrogen-bond acceptors (Lipinski definition) is 3. The number of nitrogens with one attached hydrogen (secondary N) is 1. The van der Waals surface area contributed by atoms with Crippen molar-refractivity contribution in [3.05, 3.63) is 0 Å². The maximum atomic E-state index is 11.8. The Morgan fingerprint density at radius 1 is 1.35 bits per heavy atom. The van der Waals surface area contributed by atoms with E-state index in [1.807, 2.05) is 13.8 Å². The largest absolute Gasteiger partial charge is 0.481 e. The van der Waals surface area contributed by atoms with Crippen molar-refractivity contribution in [2.45, 2.75) is 51.5 Å². The summed E-state index contributed by atoms with van der Waals surface area (Å²) in [4.78, 5) is 22.9. The molecule has 17 heavy (non-hydrogen) atoms. The van der Waals surface area contributed by atoms with Crippen LogP contribution in [0.15, 0.2) is 0 Å². The van der Waals surface area contributed by atoms with Crippen molar-refractivity contribution in [2.24, 2.45) is 5.41 Å². The summed E-state index contributed by atoms with van der Waals surface area (Å²) in [5.74, 6) is -1.12. The molecule has 0 aromatic rings. The van der Waals surface area contributed by atoms with Crippen LogP contribution in [-0.2, 0) is 9.59 Å². The molecule has 0 heterocycles. The molecule has 0 aromatic heterocycles.